The molecule has 0 amide bonds. The molecule has 0 fully saturated rings. The number of rotatable bonds is 11. The third-order valence-corrected chi connectivity index (χ3v) is 4.39. The second-order valence-electron chi connectivity index (χ2n) is 6.51. The van der Waals surface area contributed by atoms with Gasteiger partial charge in [-0.2, -0.15) is 0 Å². The number of hydrogen-bond donors (Lipinski definition) is 2. The molecule has 0 aliphatic heterocycles. The molecule has 0 unspecified atom stereocenters. The lowest BCUT2D eigenvalue weighted by Crippen LogP contribution is -2.15. The second kappa shape index (κ2) is 10.9. The highest BCUT2D eigenvalue weighted by Gasteiger charge is 2.03. The Morgan fingerprint density at radius 2 is 1.52 bits per heavy atom. The number of aliphatic hydroxyl groups is 2. The number of aliphatic hydroxyl groups excluding tert-OH is 2. The van der Waals surface area contributed by atoms with E-state index in [0.29, 0.717) is 13.0 Å². The first-order valence-corrected chi connectivity index (χ1v) is 9.34. The van der Waals surface area contributed by atoms with Crippen LogP contribution in [0.4, 0.5) is 0 Å². The average Bonchev–Trinajstić information content (AvgIpc) is 2.66. The van der Waals surface area contributed by atoms with Crippen LogP contribution < -0.4 is 4.74 Å². The van der Waals surface area contributed by atoms with Crippen molar-refractivity contribution in [3.63, 3.8) is 0 Å². The standard InChI is InChI=1S/C22H30O3/c1-2-3-4-5-6-18-7-9-19(10-8-18)20-11-13-22(14-12-20)25-16-15-21(24)17-23/h7-14,21,23-24H,2-6,15-17H2,1H3/t21-/m0/s1. The van der Waals surface area contributed by atoms with Gasteiger partial charge in [0.15, 0.2) is 0 Å². The van der Waals surface area contributed by atoms with Gasteiger partial charge in [0.05, 0.1) is 19.3 Å². The monoisotopic (exact) mass is 342 g/mol. The summed E-state index contributed by atoms with van der Waals surface area (Å²) >= 11 is 0. The Hall–Kier alpha value is -1.84. The Morgan fingerprint density at radius 3 is 2.12 bits per heavy atom. The summed E-state index contributed by atoms with van der Waals surface area (Å²) in [5.41, 5.74) is 3.78. The highest BCUT2D eigenvalue weighted by molar-refractivity contribution is 5.64. The zero-order valence-corrected chi connectivity index (χ0v) is 15.2. The van der Waals surface area contributed by atoms with E-state index in [1.807, 2.05) is 24.3 Å². The van der Waals surface area contributed by atoms with E-state index >= 15 is 0 Å². The van der Waals surface area contributed by atoms with Crippen molar-refractivity contribution in [2.45, 2.75) is 51.6 Å². The Labute approximate surface area is 151 Å². The molecule has 0 aliphatic rings. The van der Waals surface area contributed by atoms with Crippen LogP contribution >= 0.6 is 0 Å². The number of ether oxygens (including phenoxy) is 1. The summed E-state index contributed by atoms with van der Waals surface area (Å²) in [6.07, 6.45) is 6.07. The predicted octanol–water partition coefficient (Wildman–Crippen LogP) is 4.60. The van der Waals surface area contributed by atoms with Gasteiger partial charge in [0, 0.05) is 6.42 Å². The van der Waals surface area contributed by atoms with Crippen LogP contribution in [0.2, 0.25) is 0 Å². The lowest BCUT2D eigenvalue weighted by atomic mass is 10.0. The van der Waals surface area contributed by atoms with Gasteiger partial charge in [-0.3, -0.25) is 0 Å². The van der Waals surface area contributed by atoms with Crippen LogP contribution in [0.3, 0.4) is 0 Å². The fourth-order valence-electron chi connectivity index (χ4n) is 2.77. The van der Waals surface area contributed by atoms with Gasteiger partial charge in [0.2, 0.25) is 0 Å². The fraction of sp³-hybridized carbons (Fsp3) is 0.455. The topological polar surface area (TPSA) is 49.7 Å². The van der Waals surface area contributed by atoms with E-state index < -0.39 is 6.10 Å². The molecule has 0 heterocycles. The predicted molar refractivity (Wildman–Crippen MR) is 103 cm³/mol. The molecule has 0 radical (unpaired) electrons. The summed E-state index contributed by atoms with van der Waals surface area (Å²) in [7, 11) is 0. The third-order valence-electron chi connectivity index (χ3n) is 4.39. The van der Waals surface area contributed by atoms with Gasteiger partial charge < -0.3 is 14.9 Å². The van der Waals surface area contributed by atoms with Crippen molar-refractivity contribution in [3.05, 3.63) is 54.1 Å². The van der Waals surface area contributed by atoms with E-state index in [1.165, 1.54) is 42.4 Å². The van der Waals surface area contributed by atoms with Crippen LogP contribution in [0.1, 0.15) is 44.6 Å². The maximum absolute atomic E-state index is 9.30. The molecule has 3 nitrogen and oxygen atoms in total. The quantitative estimate of drug-likeness (QED) is 0.587. The number of aryl methyl sites for hydroxylation is 1. The molecule has 1 atom stereocenters. The van der Waals surface area contributed by atoms with E-state index in [4.69, 9.17) is 9.84 Å². The van der Waals surface area contributed by atoms with Crippen molar-refractivity contribution >= 4 is 0 Å². The van der Waals surface area contributed by atoms with Crippen molar-refractivity contribution in [3.8, 4) is 16.9 Å². The van der Waals surface area contributed by atoms with E-state index in [2.05, 4.69) is 31.2 Å². The number of unbranched alkanes of at least 4 members (excludes halogenated alkanes) is 3. The summed E-state index contributed by atoms with van der Waals surface area (Å²) in [6.45, 7) is 2.41. The van der Waals surface area contributed by atoms with Crippen molar-refractivity contribution < 1.29 is 14.9 Å². The highest BCUT2D eigenvalue weighted by Crippen LogP contribution is 2.23. The van der Waals surface area contributed by atoms with Crippen LogP contribution in [0.5, 0.6) is 5.75 Å². The molecule has 2 rings (SSSR count). The van der Waals surface area contributed by atoms with E-state index in [9.17, 15) is 5.11 Å². The van der Waals surface area contributed by atoms with E-state index in [-0.39, 0.29) is 6.61 Å². The van der Waals surface area contributed by atoms with Crippen LogP contribution in [0.15, 0.2) is 48.5 Å². The molecule has 25 heavy (non-hydrogen) atoms. The van der Waals surface area contributed by atoms with Gasteiger partial charge in [0.25, 0.3) is 0 Å². The Bertz CT molecular complexity index is 590. The van der Waals surface area contributed by atoms with Crippen molar-refractivity contribution in [2.75, 3.05) is 13.2 Å². The molecule has 0 saturated heterocycles. The molecule has 0 aromatic heterocycles. The minimum atomic E-state index is -0.709. The van der Waals surface area contributed by atoms with Gasteiger partial charge in [0.1, 0.15) is 5.75 Å². The van der Waals surface area contributed by atoms with E-state index in [0.717, 1.165) is 12.2 Å². The Balaban J connectivity index is 1.84. The zero-order valence-electron chi connectivity index (χ0n) is 15.2. The SMILES string of the molecule is CCCCCCc1ccc(-c2ccc(OCC[C@H](O)CO)cc2)cc1. The average molecular weight is 342 g/mol. The minimum absolute atomic E-state index is 0.225. The molecule has 0 bridgehead atoms. The summed E-state index contributed by atoms with van der Waals surface area (Å²) < 4.78 is 5.58. The molecule has 0 aliphatic carbocycles. The maximum atomic E-state index is 9.30. The molecule has 2 aromatic carbocycles. The summed E-state index contributed by atoms with van der Waals surface area (Å²) in [6, 6.07) is 16.8. The van der Waals surface area contributed by atoms with Crippen molar-refractivity contribution in [1.29, 1.82) is 0 Å². The summed E-state index contributed by atoms with van der Waals surface area (Å²) in [5, 5.41) is 18.1. The molecule has 2 aromatic rings. The normalized spacial score (nSPS) is 12.1. The Kier molecular flexibility index (Phi) is 8.50. The highest BCUT2D eigenvalue weighted by atomic mass is 16.5. The molecule has 3 heteroatoms. The van der Waals surface area contributed by atoms with Crippen molar-refractivity contribution in [1.82, 2.24) is 0 Å². The summed E-state index contributed by atoms with van der Waals surface area (Å²) in [5.74, 6) is 0.779. The third kappa shape index (κ3) is 6.89. The number of hydrogen-bond acceptors (Lipinski definition) is 3. The van der Waals surface area contributed by atoms with Crippen LogP contribution in [-0.4, -0.2) is 29.5 Å². The first-order valence-electron chi connectivity index (χ1n) is 9.34. The van der Waals surface area contributed by atoms with Gasteiger partial charge in [-0.25, -0.2) is 0 Å². The van der Waals surface area contributed by atoms with Crippen LogP contribution in [0, 0.1) is 0 Å². The van der Waals surface area contributed by atoms with Gasteiger partial charge >= 0.3 is 0 Å². The lowest BCUT2D eigenvalue weighted by Gasteiger charge is -2.10. The molecular formula is C22H30O3. The molecule has 0 saturated carbocycles. The lowest BCUT2D eigenvalue weighted by molar-refractivity contribution is 0.0754. The zero-order chi connectivity index (χ0) is 17.9. The molecular weight excluding hydrogens is 312 g/mol. The van der Waals surface area contributed by atoms with Gasteiger partial charge in [-0.05, 0) is 41.7 Å². The van der Waals surface area contributed by atoms with Gasteiger partial charge in [-0.1, -0.05) is 62.6 Å². The van der Waals surface area contributed by atoms with E-state index in [1.54, 1.807) is 0 Å². The molecule has 0 spiro atoms. The van der Waals surface area contributed by atoms with Crippen LogP contribution in [0.25, 0.3) is 11.1 Å². The maximum Gasteiger partial charge on any atom is 0.119 e. The Morgan fingerprint density at radius 1 is 0.880 bits per heavy atom. The first-order chi connectivity index (χ1) is 12.2. The molecule has 2 N–H and O–H groups in total. The van der Waals surface area contributed by atoms with Crippen LogP contribution in [-0.2, 0) is 6.42 Å². The summed E-state index contributed by atoms with van der Waals surface area (Å²) in [4.78, 5) is 0. The largest absolute Gasteiger partial charge is 0.493 e. The fourth-order valence-corrected chi connectivity index (χ4v) is 2.77. The first kappa shape index (κ1) is 19.5. The van der Waals surface area contributed by atoms with Gasteiger partial charge in [-0.15, -0.1) is 0 Å². The number of benzene rings is 2. The smallest absolute Gasteiger partial charge is 0.119 e. The minimum Gasteiger partial charge on any atom is -0.493 e. The molecule has 136 valence electrons. The second-order valence-corrected chi connectivity index (χ2v) is 6.51. The van der Waals surface area contributed by atoms with Crippen molar-refractivity contribution in [2.24, 2.45) is 0 Å².